The number of unbranched alkanes of at least 4 members (excludes halogenated alkanes) is 2. The molecule has 2 atom stereocenters. The number of hydrogen-bond acceptors (Lipinski definition) is 6. The Morgan fingerprint density at radius 3 is 2.59 bits per heavy atom. The molecule has 1 aromatic carbocycles. The monoisotopic (exact) mass is 402 g/mol. The molecule has 0 radical (unpaired) electrons. The summed E-state index contributed by atoms with van der Waals surface area (Å²) in [5.41, 5.74) is 2.16. The maximum absolute atomic E-state index is 12.7. The molecule has 3 rings (SSSR count). The molecule has 2 aliphatic heterocycles. The summed E-state index contributed by atoms with van der Waals surface area (Å²) < 4.78 is 0. The van der Waals surface area contributed by atoms with Gasteiger partial charge in [0.1, 0.15) is 6.04 Å². The average Bonchev–Trinajstić information content (AvgIpc) is 2.94. The second-order valence-electron chi connectivity index (χ2n) is 7.32. The van der Waals surface area contributed by atoms with Gasteiger partial charge in [0.05, 0.1) is 18.6 Å². The quantitative estimate of drug-likeness (QED) is 0.409. The Balaban J connectivity index is 1.43. The molecule has 9 heteroatoms. The molecule has 2 aliphatic rings. The maximum atomic E-state index is 12.7. The molecule has 29 heavy (non-hydrogen) atoms. The number of hydrogen-bond donors (Lipinski definition) is 2. The molecule has 1 aromatic rings. The minimum atomic E-state index is -1.54. The molecule has 1 fully saturated rings. The third-order valence-corrected chi connectivity index (χ3v) is 5.36. The van der Waals surface area contributed by atoms with Crippen molar-refractivity contribution in [2.75, 3.05) is 13.2 Å². The third kappa shape index (κ3) is 4.56. The summed E-state index contributed by atoms with van der Waals surface area (Å²) in [7, 11) is 0. The van der Waals surface area contributed by atoms with E-state index in [-0.39, 0.29) is 18.4 Å². The number of aliphatic carboxylic acids is 1. The average molecular weight is 402 g/mol. The van der Waals surface area contributed by atoms with Crippen LogP contribution in [0.1, 0.15) is 36.8 Å². The Bertz CT molecular complexity index is 768. The highest BCUT2D eigenvalue weighted by Gasteiger charge is 2.46. The molecule has 156 valence electrons. The third-order valence-electron chi connectivity index (χ3n) is 5.36. The molecular formula is C20H24N3O6-. The van der Waals surface area contributed by atoms with E-state index in [9.17, 15) is 24.3 Å². The fourth-order valence-corrected chi connectivity index (χ4v) is 3.76. The number of imide groups is 1. The lowest BCUT2D eigenvalue weighted by Crippen LogP contribution is -2.50. The number of aliphatic hydroxyl groups excluding tert-OH is 1. The van der Waals surface area contributed by atoms with Crippen molar-refractivity contribution in [3.63, 3.8) is 0 Å². The summed E-state index contributed by atoms with van der Waals surface area (Å²) in [5.74, 6) is -2.20. The van der Waals surface area contributed by atoms with Crippen LogP contribution in [0.2, 0.25) is 0 Å². The SMILES string of the molecule is O=C(CCCCCN1C(=O)[C@@H]2Cc3ccccc3CN2C1=O)N[C@@H](CO)C(=O)[O-]. The van der Waals surface area contributed by atoms with E-state index in [1.807, 2.05) is 24.3 Å². The van der Waals surface area contributed by atoms with Gasteiger partial charge < -0.3 is 25.2 Å². The number of rotatable bonds is 9. The van der Waals surface area contributed by atoms with Crippen molar-refractivity contribution in [1.29, 1.82) is 0 Å². The Labute approximate surface area is 168 Å². The highest BCUT2D eigenvalue weighted by atomic mass is 16.4. The van der Waals surface area contributed by atoms with Gasteiger partial charge in [-0.1, -0.05) is 30.7 Å². The highest BCUT2D eigenvalue weighted by molar-refractivity contribution is 6.04. The molecular weight excluding hydrogens is 378 g/mol. The number of carbonyl (C=O) groups is 4. The van der Waals surface area contributed by atoms with Gasteiger partial charge in [0.15, 0.2) is 0 Å². The van der Waals surface area contributed by atoms with Crippen molar-refractivity contribution < 1.29 is 29.4 Å². The molecule has 0 saturated carbocycles. The van der Waals surface area contributed by atoms with E-state index >= 15 is 0 Å². The van der Waals surface area contributed by atoms with Gasteiger partial charge in [-0.15, -0.1) is 0 Å². The zero-order valence-electron chi connectivity index (χ0n) is 16.0. The number of carbonyl (C=O) groups excluding carboxylic acids is 4. The predicted octanol–water partition coefficient (Wildman–Crippen LogP) is -0.837. The van der Waals surface area contributed by atoms with Gasteiger partial charge in [0.2, 0.25) is 5.91 Å². The van der Waals surface area contributed by atoms with Crippen molar-refractivity contribution >= 4 is 23.8 Å². The summed E-state index contributed by atoms with van der Waals surface area (Å²) in [6, 6.07) is 5.68. The van der Waals surface area contributed by atoms with Gasteiger partial charge in [-0.2, -0.15) is 0 Å². The maximum Gasteiger partial charge on any atom is 0.327 e. The first kappa shape index (κ1) is 20.8. The molecule has 9 nitrogen and oxygen atoms in total. The minimum absolute atomic E-state index is 0.0930. The van der Waals surface area contributed by atoms with Crippen molar-refractivity contribution in [3.05, 3.63) is 35.4 Å². The zero-order valence-corrected chi connectivity index (χ0v) is 16.0. The van der Waals surface area contributed by atoms with Gasteiger partial charge in [-0.3, -0.25) is 14.5 Å². The van der Waals surface area contributed by atoms with E-state index in [4.69, 9.17) is 5.11 Å². The normalized spacial score (nSPS) is 19.0. The molecule has 2 N–H and O–H groups in total. The van der Waals surface area contributed by atoms with Gasteiger partial charge in [-0.25, -0.2) is 4.79 Å². The number of nitrogens with one attached hydrogen (secondary N) is 1. The fourth-order valence-electron chi connectivity index (χ4n) is 3.76. The smallest absolute Gasteiger partial charge is 0.327 e. The molecule has 0 spiro atoms. The first-order chi connectivity index (χ1) is 13.9. The van der Waals surface area contributed by atoms with Crippen LogP contribution in [0, 0.1) is 0 Å². The Kier molecular flexibility index (Phi) is 6.48. The van der Waals surface area contributed by atoms with E-state index in [1.165, 1.54) is 4.90 Å². The van der Waals surface area contributed by atoms with E-state index in [0.29, 0.717) is 38.8 Å². The van der Waals surface area contributed by atoms with Gasteiger partial charge in [-0.05, 0) is 24.0 Å². The number of carboxylic acid groups (broad SMARTS) is 1. The summed E-state index contributed by atoms with van der Waals surface area (Å²) in [6.45, 7) is 0.00226. The van der Waals surface area contributed by atoms with Gasteiger partial charge in [0, 0.05) is 25.9 Å². The Hall–Kier alpha value is -2.94. The summed E-state index contributed by atoms with van der Waals surface area (Å²) >= 11 is 0. The molecule has 0 aliphatic carbocycles. The lowest BCUT2D eigenvalue weighted by molar-refractivity contribution is -0.309. The second kappa shape index (κ2) is 9.04. The van der Waals surface area contributed by atoms with Crippen LogP contribution >= 0.6 is 0 Å². The van der Waals surface area contributed by atoms with E-state index in [0.717, 1.165) is 11.1 Å². The van der Waals surface area contributed by atoms with E-state index in [1.54, 1.807) is 4.90 Å². The van der Waals surface area contributed by atoms with Crippen LogP contribution in [0.5, 0.6) is 0 Å². The molecule has 1 saturated heterocycles. The first-order valence-electron chi connectivity index (χ1n) is 9.72. The van der Waals surface area contributed by atoms with Crippen molar-refractivity contribution in [2.24, 2.45) is 0 Å². The molecule has 4 amide bonds. The lowest BCUT2D eigenvalue weighted by atomic mass is 9.95. The minimum Gasteiger partial charge on any atom is -0.548 e. The number of urea groups is 1. The number of carboxylic acids is 1. The standard InChI is InChI=1S/C20H25N3O6/c24-12-15(19(27)28)21-17(25)8-2-1-5-9-22-18(26)16-10-13-6-3-4-7-14(13)11-23(16)20(22)29/h3-4,6-7,15-16,24H,1-2,5,8-12H2,(H,21,25)(H,27,28)/p-1/t15-,16-/m0/s1. The fraction of sp³-hybridized carbons (Fsp3) is 0.500. The summed E-state index contributed by atoms with van der Waals surface area (Å²) in [5, 5.41) is 21.7. The number of benzene rings is 1. The zero-order chi connectivity index (χ0) is 21.0. The first-order valence-corrected chi connectivity index (χ1v) is 9.72. The van der Waals surface area contributed by atoms with Crippen LogP contribution in [0.15, 0.2) is 24.3 Å². The Morgan fingerprint density at radius 1 is 1.17 bits per heavy atom. The largest absolute Gasteiger partial charge is 0.548 e. The molecule has 0 aromatic heterocycles. The Morgan fingerprint density at radius 2 is 1.90 bits per heavy atom. The van der Waals surface area contributed by atoms with Crippen molar-refractivity contribution in [2.45, 2.75) is 50.7 Å². The topological polar surface area (TPSA) is 130 Å². The number of amides is 4. The van der Waals surface area contributed by atoms with Crippen LogP contribution in [-0.2, 0) is 27.3 Å². The lowest BCUT2D eigenvalue weighted by Gasteiger charge is -2.28. The van der Waals surface area contributed by atoms with Crippen molar-refractivity contribution in [3.8, 4) is 0 Å². The summed E-state index contributed by atoms with van der Waals surface area (Å²) in [4.78, 5) is 50.6. The predicted molar refractivity (Wildman–Crippen MR) is 99.1 cm³/mol. The van der Waals surface area contributed by atoms with Crippen LogP contribution in [0.4, 0.5) is 4.79 Å². The molecule has 2 heterocycles. The van der Waals surface area contributed by atoms with Crippen LogP contribution in [0.25, 0.3) is 0 Å². The molecule has 0 unspecified atom stereocenters. The number of nitrogens with zero attached hydrogens (tertiary/aromatic N) is 2. The van der Waals surface area contributed by atoms with Crippen LogP contribution < -0.4 is 10.4 Å². The highest BCUT2D eigenvalue weighted by Crippen LogP contribution is 2.30. The molecule has 0 bridgehead atoms. The van der Waals surface area contributed by atoms with Gasteiger partial charge >= 0.3 is 6.03 Å². The van der Waals surface area contributed by atoms with Crippen LogP contribution in [0.3, 0.4) is 0 Å². The number of aliphatic hydroxyl groups is 1. The van der Waals surface area contributed by atoms with E-state index in [2.05, 4.69) is 5.32 Å². The van der Waals surface area contributed by atoms with E-state index < -0.39 is 30.6 Å². The van der Waals surface area contributed by atoms with Gasteiger partial charge in [0.25, 0.3) is 5.91 Å². The van der Waals surface area contributed by atoms with Crippen LogP contribution in [-0.4, -0.2) is 64.0 Å². The number of fused-ring (bicyclic) bond motifs is 2. The van der Waals surface area contributed by atoms with Crippen molar-refractivity contribution in [1.82, 2.24) is 15.1 Å². The second-order valence-corrected chi connectivity index (χ2v) is 7.32. The summed E-state index contributed by atoms with van der Waals surface area (Å²) in [6.07, 6.45) is 2.26.